The standard InChI is InChI=1S/C13H13ClN2O2/c1-9-7-11(16-18-9)13(17)15-12(8-14)10-5-3-2-4-6-10/h2-7,12H,8H2,1H3,(H,15,17). The molecule has 5 heteroatoms. The number of benzene rings is 1. The Morgan fingerprint density at radius 1 is 1.44 bits per heavy atom. The van der Waals surface area contributed by atoms with Gasteiger partial charge in [-0.25, -0.2) is 0 Å². The number of carbonyl (C=O) groups is 1. The van der Waals surface area contributed by atoms with E-state index in [1.54, 1.807) is 13.0 Å². The van der Waals surface area contributed by atoms with E-state index in [-0.39, 0.29) is 17.6 Å². The maximum atomic E-state index is 11.9. The minimum absolute atomic E-state index is 0.239. The Balaban J connectivity index is 2.10. The molecular formula is C13H13ClN2O2. The van der Waals surface area contributed by atoms with Gasteiger partial charge in [-0.05, 0) is 12.5 Å². The topological polar surface area (TPSA) is 55.1 Å². The van der Waals surface area contributed by atoms with Crippen molar-refractivity contribution < 1.29 is 9.32 Å². The van der Waals surface area contributed by atoms with Crippen LogP contribution in [0.5, 0.6) is 0 Å². The van der Waals surface area contributed by atoms with E-state index in [0.29, 0.717) is 11.6 Å². The highest BCUT2D eigenvalue weighted by Crippen LogP contribution is 2.15. The molecule has 1 aromatic heterocycles. The fourth-order valence-corrected chi connectivity index (χ4v) is 1.86. The van der Waals surface area contributed by atoms with Gasteiger partial charge in [-0.1, -0.05) is 35.5 Å². The van der Waals surface area contributed by atoms with Crippen molar-refractivity contribution >= 4 is 17.5 Å². The second-order valence-corrected chi connectivity index (χ2v) is 4.22. The first-order chi connectivity index (χ1) is 8.70. The summed E-state index contributed by atoms with van der Waals surface area (Å²) >= 11 is 5.88. The van der Waals surface area contributed by atoms with Crippen molar-refractivity contribution in [1.29, 1.82) is 0 Å². The summed E-state index contributed by atoms with van der Waals surface area (Å²) in [6.07, 6.45) is 0. The molecule has 0 aliphatic carbocycles. The molecule has 0 radical (unpaired) electrons. The summed E-state index contributed by atoms with van der Waals surface area (Å²) in [5.74, 6) is 0.607. The maximum Gasteiger partial charge on any atom is 0.273 e. The number of nitrogens with zero attached hydrogens (tertiary/aromatic N) is 1. The molecule has 1 atom stereocenters. The van der Waals surface area contributed by atoms with Crippen LogP contribution in [0.1, 0.15) is 27.9 Å². The highest BCUT2D eigenvalue weighted by Gasteiger charge is 2.17. The number of nitrogens with one attached hydrogen (secondary N) is 1. The maximum absolute atomic E-state index is 11.9. The lowest BCUT2D eigenvalue weighted by molar-refractivity contribution is 0.0931. The van der Waals surface area contributed by atoms with E-state index >= 15 is 0 Å². The number of amides is 1. The Kier molecular flexibility index (Phi) is 3.99. The molecule has 4 nitrogen and oxygen atoms in total. The molecule has 2 rings (SSSR count). The predicted octanol–water partition coefficient (Wildman–Crippen LogP) is 2.69. The third-order valence-electron chi connectivity index (χ3n) is 2.52. The van der Waals surface area contributed by atoms with E-state index in [1.165, 1.54) is 0 Å². The van der Waals surface area contributed by atoms with E-state index in [9.17, 15) is 4.79 Å². The van der Waals surface area contributed by atoms with Crippen molar-refractivity contribution in [3.8, 4) is 0 Å². The lowest BCUT2D eigenvalue weighted by Crippen LogP contribution is -2.29. The summed E-state index contributed by atoms with van der Waals surface area (Å²) in [4.78, 5) is 11.9. The highest BCUT2D eigenvalue weighted by molar-refractivity contribution is 6.18. The predicted molar refractivity (Wildman–Crippen MR) is 68.6 cm³/mol. The summed E-state index contributed by atoms with van der Waals surface area (Å²) in [7, 11) is 0. The Morgan fingerprint density at radius 3 is 2.72 bits per heavy atom. The minimum atomic E-state index is -0.290. The average Bonchev–Trinajstić information content (AvgIpc) is 2.83. The normalized spacial score (nSPS) is 12.1. The molecule has 0 saturated carbocycles. The molecule has 0 saturated heterocycles. The van der Waals surface area contributed by atoms with Gasteiger partial charge in [0.1, 0.15) is 5.76 Å². The van der Waals surface area contributed by atoms with Gasteiger partial charge in [-0.15, -0.1) is 11.6 Å². The van der Waals surface area contributed by atoms with Crippen molar-refractivity contribution in [2.45, 2.75) is 13.0 Å². The van der Waals surface area contributed by atoms with Crippen LogP contribution in [0.2, 0.25) is 0 Å². The fourth-order valence-electron chi connectivity index (χ4n) is 1.60. The van der Waals surface area contributed by atoms with Gasteiger partial charge < -0.3 is 9.84 Å². The monoisotopic (exact) mass is 264 g/mol. The number of rotatable bonds is 4. The number of aromatic nitrogens is 1. The number of aryl methyl sites for hydroxylation is 1. The van der Waals surface area contributed by atoms with E-state index < -0.39 is 0 Å². The Bertz CT molecular complexity index is 525. The number of hydrogen-bond donors (Lipinski definition) is 1. The number of alkyl halides is 1. The van der Waals surface area contributed by atoms with Gasteiger partial charge in [0.25, 0.3) is 5.91 Å². The summed E-state index contributed by atoms with van der Waals surface area (Å²) in [6, 6.07) is 10.9. The molecule has 0 bridgehead atoms. The van der Waals surface area contributed by atoms with Crippen LogP contribution in [-0.2, 0) is 0 Å². The van der Waals surface area contributed by atoms with E-state index in [1.807, 2.05) is 30.3 Å². The second kappa shape index (κ2) is 5.69. The molecule has 1 unspecified atom stereocenters. The van der Waals surface area contributed by atoms with Crippen molar-refractivity contribution in [3.05, 3.63) is 53.4 Å². The molecule has 1 aromatic carbocycles. The molecule has 18 heavy (non-hydrogen) atoms. The van der Waals surface area contributed by atoms with Gasteiger partial charge in [0.2, 0.25) is 0 Å². The zero-order chi connectivity index (χ0) is 13.0. The SMILES string of the molecule is Cc1cc(C(=O)NC(CCl)c2ccccc2)no1. The van der Waals surface area contributed by atoms with Crippen LogP contribution in [0, 0.1) is 6.92 Å². The van der Waals surface area contributed by atoms with Crippen LogP contribution in [-0.4, -0.2) is 16.9 Å². The quantitative estimate of drug-likeness (QED) is 0.864. The molecule has 94 valence electrons. The zero-order valence-corrected chi connectivity index (χ0v) is 10.6. The summed E-state index contributed by atoms with van der Waals surface area (Å²) in [5.41, 5.74) is 1.22. The van der Waals surface area contributed by atoms with Crippen LogP contribution >= 0.6 is 11.6 Å². The Hall–Kier alpha value is -1.81. The van der Waals surface area contributed by atoms with Crippen LogP contribution < -0.4 is 5.32 Å². The molecule has 0 spiro atoms. The van der Waals surface area contributed by atoms with Crippen molar-refractivity contribution in [2.24, 2.45) is 0 Å². The number of hydrogen-bond acceptors (Lipinski definition) is 3. The van der Waals surface area contributed by atoms with Gasteiger partial charge >= 0.3 is 0 Å². The van der Waals surface area contributed by atoms with Crippen LogP contribution in [0.25, 0.3) is 0 Å². The van der Waals surface area contributed by atoms with E-state index in [4.69, 9.17) is 16.1 Å². The van der Waals surface area contributed by atoms with E-state index in [2.05, 4.69) is 10.5 Å². The summed E-state index contributed by atoms with van der Waals surface area (Å²) in [5, 5.41) is 6.49. The largest absolute Gasteiger partial charge is 0.361 e. The lowest BCUT2D eigenvalue weighted by Gasteiger charge is -2.15. The third kappa shape index (κ3) is 2.90. The van der Waals surface area contributed by atoms with Gasteiger partial charge in [0.15, 0.2) is 5.69 Å². The average molecular weight is 265 g/mol. The molecular weight excluding hydrogens is 252 g/mol. The van der Waals surface area contributed by atoms with Gasteiger partial charge in [0, 0.05) is 11.9 Å². The molecule has 0 aliphatic rings. The van der Waals surface area contributed by atoms with Crippen LogP contribution in [0.4, 0.5) is 0 Å². The van der Waals surface area contributed by atoms with Crippen LogP contribution in [0.15, 0.2) is 40.9 Å². The number of halogens is 1. The highest BCUT2D eigenvalue weighted by atomic mass is 35.5. The van der Waals surface area contributed by atoms with Gasteiger partial charge in [-0.3, -0.25) is 4.79 Å². The van der Waals surface area contributed by atoms with Crippen molar-refractivity contribution in [1.82, 2.24) is 10.5 Å². The van der Waals surface area contributed by atoms with E-state index in [0.717, 1.165) is 5.56 Å². The molecule has 1 N–H and O–H groups in total. The molecule has 2 aromatic rings. The number of carbonyl (C=O) groups excluding carboxylic acids is 1. The molecule has 1 amide bonds. The first-order valence-electron chi connectivity index (χ1n) is 5.56. The first-order valence-corrected chi connectivity index (χ1v) is 6.09. The van der Waals surface area contributed by atoms with Gasteiger partial charge in [-0.2, -0.15) is 0 Å². The molecule has 1 heterocycles. The Morgan fingerprint density at radius 2 is 2.17 bits per heavy atom. The fraction of sp³-hybridized carbons (Fsp3) is 0.231. The smallest absolute Gasteiger partial charge is 0.273 e. The van der Waals surface area contributed by atoms with Gasteiger partial charge in [0.05, 0.1) is 6.04 Å². The lowest BCUT2D eigenvalue weighted by atomic mass is 10.1. The van der Waals surface area contributed by atoms with Crippen molar-refractivity contribution in [3.63, 3.8) is 0 Å². The van der Waals surface area contributed by atoms with Crippen LogP contribution in [0.3, 0.4) is 0 Å². The summed E-state index contributed by atoms with van der Waals surface area (Å²) < 4.78 is 4.86. The molecule has 0 fully saturated rings. The second-order valence-electron chi connectivity index (χ2n) is 3.91. The minimum Gasteiger partial charge on any atom is -0.361 e. The molecule has 0 aliphatic heterocycles. The van der Waals surface area contributed by atoms with Crippen molar-refractivity contribution in [2.75, 3.05) is 5.88 Å². The third-order valence-corrected chi connectivity index (χ3v) is 2.83. The zero-order valence-electron chi connectivity index (χ0n) is 9.89. The first kappa shape index (κ1) is 12.6. The Labute approximate surface area is 110 Å². The summed E-state index contributed by atoms with van der Waals surface area (Å²) in [6.45, 7) is 1.74.